The first-order valence-corrected chi connectivity index (χ1v) is 10.1. The van der Waals surface area contributed by atoms with Crippen LogP contribution < -0.4 is 5.32 Å². The summed E-state index contributed by atoms with van der Waals surface area (Å²) in [6.07, 6.45) is 7.65. The molecule has 3 aromatic rings. The fourth-order valence-corrected chi connectivity index (χ4v) is 4.21. The van der Waals surface area contributed by atoms with Crippen molar-refractivity contribution >= 4 is 17.7 Å². The van der Waals surface area contributed by atoms with Gasteiger partial charge in [0.25, 0.3) is 5.91 Å². The molecule has 156 valence electrons. The number of carbonyl (C=O) groups excluding carboxylic acids is 1. The number of aryl methyl sites for hydroxylation is 2. The fourth-order valence-electron chi connectivity index (χ4n) is 4.21. The molecular formula is C21H25N7O2. The first kappa shape index (κ1) is 18.8. The average molecular weight is 407 g/mol. The van der Waals surface area contributed by atoms with E-state index in [0.717, 1.165) is 42.0 Å². The van der Waals surface area contributed by atoms with E-state index in [4.69, 9.17) is 9.72 Å². The zero-order chi connectivity index (χ0) is 20.9. The number of anilines is 2. The van der Waals surface area contributed by atoms with Crippen molar-refractivity contribution < 1.29 is 9.53 Å². The molecule has 0 atom stereocenters. The molecule has 2 aliphatic rings. The van der Waals surface area contributed by atoms with Crippen LogP contribution in [0, 0.1) is 6.92 Å². The lowest BCUT2D eigenvalue weighted by Gasteiger charge is -2.37. The smallest absolute Gasteiger partial charge is 0.271 e. The number of amides is 1. The largest absolute Gasteiger partial charge is 0.383 e. The topological polar surface area (TPSA) is 90.1 Å². The van der Waals surface area contributed by atoms with Crippen LogP contribution in [0.5, 0.6) is 0 Å². The highest BCUT2D eigenvalue weighted by Crippen LogP contribution is 2.47. The van der Waals surface area contributed by atoms with Gasteiger partial charge in [-0.2, -0.15) is 5.10 Å². The number of fused-ring (bicyclic) bond motifs is 1. The summed E-state index contributed by atoms with van der Waals surface area (Å²) < 4.78 is 9.04. The minimum absolute atomic E-state index is 0.0497. The maximum atomic E-state index is 13.2. The van der Waals surface area contributed by atoms with Gasteiger partial charge in [-0.25, -0.2) is 9.97 Å². The van der Waals surface area contributed by atoms with Crippen LogP contribution in [-0.4, -0.2) is 60.9 Å². The summed E-state index contributed by atoms with van der Waals surface area (Å²) in [5, 5.41) is 7.35. The molecule has 1 spiro atoms. The first-order chi connectivity index (χ1) is 14.5. The normalized spacial score (nSPS) is 16.8. The molecule has 0 radical (unpaired) electrons. The SMILES string of the molecule is COCCN1C(=O)c2cc(-c3nc(Nc4ccnn4C)ncc3C)cn2CC12CC2. The van der Waals surface area contributed by atoms with Crippen LogP contribution in [0.25, 0.3) is 11.3 Å². The van der Waals surface area contributed by atoms with Gasteiger partial charge in [0, 0.05) is 51.3 Å². The summed E-state index contributed by atoms with van der Waals surface area (Å²) >= 11 is 0. The van der Waals surface area contributed by atoms with Gasteiger partial charge in [0.15, 0.2) is 0 Å². The van der Waals surface area contributed by atoms with Gasteiger partial charge < -0.3 is 19.5 Å². The third-order valence-electron chi connectivity index (χ3n) is 6.05. The third kappa shape index (κ3) is 3.06. The molecule has 0 saturated heterocycles. The first-order valence-electron chi connectivity index (χ1n) is 10.1. The summed E-state index contributed by atoms with van der Waals surface area (Å²) in [4.78, 5) is 24.3. The highest BCUT2D eigenvalue weighted by molar-refractivity contribution is 5.96. The molecule has 3 aromatic heterocycles. The van der Waals surface area contributed by atoms with Crippen molar-refractivity contribution in [2.24, 2.45) is 7.05 Å². The van der Waals surface area contributed by atoms with Gasteiger partial charge in [-0.3, -0.25) is 9.48 Å². The van der Waals surface area contributed by atoms with Gasteiger partial charge >= 0.3 is 0 Å². The average Bonchev–Trinajstić information content (AvgIpc) is 3.17. The van der Waals surface area contributed by atoms with Crippen molar-refractivity contribution in [3.63, 3.8) is 0 Å². The second kappa shape index (κ2) is 6.94. The molecule has 0 aromatic carbocycles. The van der Waals surface area contributed by atoms with E-state index in [-0.39, 0.29) is 11.4 Å². The lowest BCUT2D eigenvalue weighted by molar-refractivity contribution is 0.0466. The lowest BCUT2D eigenvalue weighted by Crippen LogP contribution is -2.50. The van der Waals surface area contributed by atoms with Gasteiger partial charge in [-0.05, 0) is 31.4 Å². The Balaban J connectivity index is 1.48. The van der Waals surface area contributed by atoms with Crippen molar-refractivity contribution in [1.82, 2.24) is 29.2 Å². The van der Waals surface area contributed by atoms with Gasteiger partial charge in [-0.1, -0.05) is 0 Å². The van der Waals surface area contributed by atoms with E-state index in [1.807, 2.05) is 37.2 Å². The molecule has 1 aliphatic heterocycles. The maximum absolute atomic E-state index is 13.2. The second-order valence-electron chi connectivity index (χ2n) is 8.11. The lowest BCUT2D eigenvalue weighted by atomic mass is 10.1. The Hall–Kier alpha value is -3.20. The Bertz CT molecular complexity index is 1110. The highest BCUT2D eigenvalue weighted by Gasteiger charge is 2.53. The zero-order valence-electron chi connectivity index (χ0n) is 17.4. The van der Waals surface area contributed by atoms with Crippen LogP contribution in [0.15, 0.2) is 30.7 Å². The Kier molecular flexibility index (Phi) is 4.35. The van der Waals surface area contributed by atoms with Crippen LogP contribution in [0.1, 0.15) is 28.9 Å². The van der Waals surface area contributed by atoms with Crippen molar-refractivity contribution in [2.75, 3.05) is 25.6 Å². The van der Waals surface area contributed by atoms with E-state index in [9.17, 15) is 4.79 Å². The number of hydrogen-bond donors (Lipinski definition) is 1. The van der Waals surface area contributed by atoms with Gasteiger partial charge in [0.2, 0.25) is 5.95 Å². The van der Waals surface area contributed by atoms with Crippen LogP contribution >= 0.6 is 0 Å². The number of aromatic nitrogens is 5. The second-order valence-corrected chi connectivity index (χ2v) is 8.11. The third-order valence-corrected chi connectivity index (χ3v) is 6.05. The number of rotatable bonds is 6. The van der Waals surface area contributed by atoms with E-state index >= 15 is 0 Å². The molecule has 1 aliphatic carbocycles. The van der Waals surface area contributed by atoms with Crippen molar-refractivity contribution in [1.29, 1.82) is 0 Å². The number of hydrogen-bond acceptors (Lipinski definition) is 6. The molecule has 1 saturated carbocycles. The minimum atomic E-state index is -0.0497. The van der Waals surface area contributed by atoms with E-state index in [1.54, 1.807) is 24.2 Å². The standard InChI is InChI=1S/C21H25N7O2/c1-14-11-22-20(24-17-4-7-23-26(17)2)25-18(14)15-10-16-19(29)28(8-9-30-3)21(5-6-21)13-27(16)12-15/h4,7,10-12H,5-6,8-9,13H2,1-3H3,(H,22,24,25). The van der Waals surface area contributed by atoms with Crippen LogP contribution in [0.2, 0.25) is 0 Å². The van der Waals surface area contributed by atoms with E-state index in [0.29, 0.717) is 24.8 Å². The Morgan fingerprint density at radius 3 is 2.87 bits per heavy atom. The van der Waals surface area contributed by atoms with Gasteiger partial charge in [0.05, 0.1) is 24.0 Å². The summed E-state index contributed by atoms with van der Waals surface area (Å²) in [6.45, 7) is 3.98. The van der Waals surface area contributed by atoms with Crippen LogP contribution in [-0.2, 0) is 18.3 Å². The van der Waals surface area contributed by atoms with Crippen molar-refractivity contribution in [3.05, 3.63) is 42.0 Å². The van der Waals surface area contributed by atoms with Crippen LogP contribution in [0.4, 0.5) is 11.8 Å². The van der Waals surface area contributed by atoms with Crippen molar-refractivity contribution in [3.8, 4) is 11.3 Å². The minimum Gasteiger partial charge on any atom is -0.383 e. The number of carbonyl (C=O) groups is 1. The molecule has 1 N–H and O–H groups in total. The highest BCUT2D eigenvalue weighted by atomic mass is 16.5. The Morgan fingerprint density at radius 1 is 1.33 bits per heavy atom. The quantitative estimate of drug-likeness (QED) is 0.675. The summed E-state index contributed by atoms with van der Waals surface area (Å²) in [6, 6.07) is 3.81. The number of methoxy groups -OCH3 is 1. The summed E-state index contributed by atoms with van der Waals surface area (Å²) in [5.74, 6) is 1.37. The Labute approximate surface area is 174 Å². The van der Waals surface area contributed by atoms with Gasteiger partial charge in [-0.15, -0.1) is 0 Å². The molecule has 1 amide bonds. The molecule has 5 rings (SSSR count). The van der Waals surface area contributed by atoms with Crippen LogP contribution in [0.3, 0.4) is 0 Å². The predicted molar refractivity (Wildman–Crippen MR) is 112 cm³/mol. The molecule has 9 nitrogen and oxygen atoms in total. The molecule has 1 fully saturated rings. The molecule has 0 unspecified atom stereocenters. The number of ether oxygens (including phenoxy) is 1. The predicted octanol–water partition coefficient (Wildman–Crippen LogP) is 2.37. The molecule has 30 heavy (non-hydrogen) atoms. The van der Waals surface area contributed by atoms with E-state index in [2.05, 4.69) is 20.0 Å². The maximum Gasteiger partial charge on any atom is 0.271 e. The fraction of sp³-hybridized carbons (Fsp3) is 0.429. The summed E-state index contributed by atoms with van der Waals surface area (Å²) in [7, 11) is 3.53. The molecular weight excluding hydrogens is 382 g/mol. The Morgan fingerprint density at radius 2 is 2.17 bits per heavy atom. The summed E-state index contributed by atoms with van der Waals surface area (Å²) in [5.41, 5.74) is 3.36. The molecule has 9 heteroatoms. The monoisotopic (exact) mass is 407 g/mol. The molecule has 4 heterocycles. The zero-order valence-corrected chi connectivity index (χ0v) is 17.4. The van der Waals surface area contributed by atoms with E-state index < -0.39 is 0 Å². The van der Waals surface area contributed by atoms with Gasteiger partial charge in [0.1, 0.15) is 11.5 Å². The molecule has 0 bridgehead atoms. The van der Waals surface area contributed by atoms with E-state index in [1.165, 1.54) is 0 Å². The number of nitrogens with one attached hydrogen (secondary N) is 1. The van der Waals surface area contributed by atoms with Crippen molar-refractivity contribution in [2.45, 2.75) is 31.8 Å². The number of nitrogens with zero attached hydrogens (tertiary/aromatic N) is 6.